The van der Waals surface area contributed by atoms with Crippen LogP contribution < -0.4 is 0 Å². The number of phenolic OH excluding ortho intramolecular Hbond substituents is 2. The number of benzene rings is 2. The molecule has 1 unspecified atom stereocenters. The number of aromatic hydroxyl groups is 2. The van der Waals surface area contributed by atoms with Gasteiger partial charge in [-0.2, -0.15) is 0 Å². The van der Waals surface area contributed by atoms with Crippen molar-refractivity contribution in [2.45, 2.75) is 63.4 Å². The Morgan fingerprint density at radius 3 is 2.25 bits per heavy atom. The largest absolute Gasteiger partial charge is 0.504 e. The van der Waals surface area contributed by atoms with Crippen LogP contribution in [0, 0.1) is 6.92 Å². The van der Waals surface area contributed by atoms with Crippen LogP contribution in [0.4, 0.5) is 0 Å². The zero-order valence-electron chi connectivity index (χ0n) is 17.0. The van der Waals surface area contributed by atoms with Crippen LogP contribution in [0.3, 0.4) is 0 Å². The summed E-state index contributed by atoms with van der Waals surface area (Å²) in [5.74, 6) is -0.241. The van der Waals surface area contributed by atoms with Crippen molar-refractivity contribution >= 4 is 11.9 Å². The second-order valence-corrected chi connectivity index (χ2v) is 8.49. The van der Waals surface area contributed by atoms with E-state index in [1.54, 1.807) is 12.1 Å². The van der Waals surface area contributed by atoms with Crippen LogP contribution >= 0.6 is 11.9 Å². The Labute approximate surface area is 173 Å². The van der Waals surface area contributed by atoms with Gasteiger partial charge in [0.25, 0.3) is 0 Å². The number of hydrogen-bond donors (Lipinski definition) is 3. The summed E-state index contributed by atoms with van der Waals surface area (Å²) in [6.07, 6.45) is 6.74. The van der Waals surface area contributed by atoms with Gasteiger partial charge in [0.15, 0.2) is 11.5 Å². The summed E-state index contributed by atoms with van der Waals surface area (Å²) >= 11 is 1.51. The minimum Gasteiger partial charge on any atom is -0.504 e. The van der Waals surface area contributed by atoms with Gasteiger partial charge in [-0.15, -0.1) is 0 Å². The second-order valence-electron chi connectivity index (χ2n) is 7.32. The van der Waals surface area contributed by atoms with Gasteiger partial charge in [0.05, 0.1) is 6.10 Å². The lowest BCUT2D eigenvalue weighted by molar-refractivity contribution is 0.151. The molecule has 2 rings (SSSR count). The third-order valence-electron chi connectivity index (χ3n) is 4.78. The lowest BCUT2D eigenvalue weighted by Crippen LogP contribution is -2.23. The Kier molecular flexibility index (Phi) is 9.68. The SMILES string of the molecule is CCCCCCCCN(CC(O)c1ccc(C)cc1)Sc1ccc(O)c(O)c1. The molecule has 2 aromatic rings. The molecule has 5 heteroatoms. The van der Waals surface area contributed by atoms with Crippen molar-refractivity contribution in [3.05, 3.63) is 53.6 Å². The predicted octanol–water partition coefficient (Wildman–Crippen LogP) is 5.81. The molecule has 154 valence electrons. The van der Waals surface area contributed by atoms with Gasteiger partial charge in [-0.3, -0.25) is 0 Å². The van der Waals surface area contributed by atoms with E-state index in [9.17, 15) is 15.3 Å². The van der Waals surface area contributed by atoms with Crippen molar-refractivity contribution in [2.24, 2.45) is 0 Å². The number of hydrogen-bond acceptors (Lipinski definition) is 5. The van der Waals surface area contributed by atoms with Crippen molar-refractivity contribution in [3.63, 3.8) is 0 Å². The smallest absolute Gasteiger partial charge is 0.158 e. The lowest BCUT2D eigenvalue weighted by atomic mass is 10.1. The van der Waals surface area contributed by atoms with Crippen LogP contribution in [0.5, 0.6) is 11.5 Å². The third kappa shape index (κ3) is 7.74. The molecule has 0 aliphatic carbocycles. The highest BCUT2D eigenvalue weighted by molar-refractivity contribution is 7.97. The van der Waals surface area contributed by atoms with Crippen LogP contribution in [-0.2, 0) is 0 Å². The van der Waals surface area contributed by atoms with Gasteiger partial charge in [0, 0.05) is 18.0 Å². The first-order chi connectivity index (χ1) is 13.5. The minimum absolute atomic E-state index is 0.119. The Morgan fingerprint density at radius 2 is 1.57 bits per heavy atom. The quantitative estimate of drug-likeness (QED) is 0.237. The molecular formula is C23H33NO3S. The molecule has 0 aromatic heterocycles. The fourth-order valence-corrected chi connectivity index (χ4v) is 4.07. The second kappa shape index (κ2) is 12.0. The molecule has 4 nitrogen and oxygen atoms in total. The molecule has 0 saturated heterocycles. The normalized spacial score (nSPS) is 12.4. The zero-order chi connectivity index (χ0) is 20.4. The summed E-state index contributed by atoms with van der Waals surface area (Å²) in [7, 11) is 0. The van der Waals surface area contributed by atoms with Gasteiger partial charge in [0.1, 0.15) is 0 Å². The van der Waals surface area contributed by atoms with E-state index in [0.29, 0.717) is 6.54 Å². The molecular weight excluding hydrogens is 370 g/mol. The number of rotatable bonds is 12. The first-order valence-electron chi connectivity index (χ1n) is 10.2. The van der Waals surface area contributed by atoms with Gasteiger partial charge in [-0.05, 0) is 49.1 Å². The van der Waals surface area contributed by atoms with E-state index >= 15 is 0 Å². The van der Waals surface area contributed by atoms with E-state index in [1.807, 2.05) is 31.2 Å². The first kappa shape index (κ1) is 22.6. The molecule has 0 amide bonds. The van der Waals surface area contributed by atoms with Crippen molar-refractivity contribution in [1.29, 1.82) is 0 Å². The minimum atomic E-state index is -0.570. The van der Waals surface area contributed by atoms with Gasteiger partial charge < -0.3 is 15.3 Å². The first-order valence-corrected chi connectivity index (χ1v) is 11.0. The molecule has 0 saturated carbocycles. The lowest BCUT2D eigenvalue weighted by Gasteiger charge is -2.24. The van der Waals surface area contributed by atoms with E-state index in [2.05, 4.69) is 11.2 Å². The maximum atomic E-state index is 10.7. The van der Waals surface area contributed by atoms with E-state index < -0.39 is 6.10 Å². The maximum absolute atomic E-state index is 10.7. The summed E-state index contributed by atoms with van der Waals surface area (Å²) in [5, 5.41) is 30.0. The zero-order valence-corrected chi connectivity index (χ0v) is 17.8. The average Bonchev–Trinajstić information content (AvgIpc) is 2.67. The van der Waals surface area contributed by atoms with Crippen molar-refractivity contribution < 1.29 is 15.3 Å². The monoisotopic (exact) mass is 403 g/mol. The Morgan fingerprint density at radius 1 is 0.893 bits per heavy atom. The summed E-state index contributed by atoms with van der Waals surface area (Å²) in [4.78, 5) is 0.845. The molecule has 0 spiro atoms. The van der Waals surface area contributed by atoms with Crippen LogP contribution in [0.2, 0.25) is 0 Å². The third-order valence-corrected chi connectivity index (χ3v) is 5.84. The van der Waals surface area contributed by atoms with Crippen LogP contribution in [0.25, 0.3) is 0 Å². The summed E-state index contributed by atoms with van der Waals surface area (Å²) in [6, 6.07) is 12.8. The highest BCUT2D eigenvalue weighted by Gasteiger charge is 2.15. The van der Waals surface area contributed by atoms with Crippen LogP contribution in [0.15, 0.2) is 47.4 Å². The summed E-state index contributed by atoms with van der Waals surface area (Å²) < 4.78 is 2.15. The van der Waals surface area contributed by atoms with Crippen LogP contribution in [0.1, 0.15) is 62.7 Å². The molecule has 1 atom stereocenters. The summed E-state index contributed by atoms with van der Waals surface area (Å²) in [5.41, 5.74) is 2.08. The van der Waals surface area contributed by atoms with Crippen molar-refractivity contribution in [2.75, 3.05) is 13.1 Å². The molecule has 0 fully saturated rings. The molecule has 0 heterocycles. The van der Waals surface area contributed by atoms with Crippen molar-refractivity contribution in [1.82, 2.24) is 4.31 Å². The van der Waals surface area contributed by atoms with Crippen molar-refractivity contribution in [3.8, 4) is 11.5 Å². The highest BCUT2D eigenvalue weighted by atomic mass is 32.2. The molecule has 0 radical (unpaired) electrons. The van der Waals surface area contributed by atoms with Gasteiger partial charge in [-0.1, -0.05) is 68.9 Å². The fourth-order valence-electron chi connectivity index (χ4n) is 3.04. The topological polar surface area (TPSA) is 63.9 Å². The van der Waals surface area contributed by atoms with Gasteiger partial charge in [-0.25, -0.2) is 4.31 Å². The summed E-state index contributed by atoms with van der Waals surface area (Å²) in [6.45, 7) is 5.62. The number of nitrogens with zero attached hydrogens (tertiary/aromatic N) is 1. The predicted molar refractivity (Wildman–Crippen MR) is 117 cm³/mol. The average molecular weight is 404 g/mol. The molecule has 0 bridgehead atoms. The number of aryl methyl sites for hydroxylation is 1. The number of aliphatic hydroxyl groups is 1. The number of aliphatic hydroxyl groups excluding tert-OH is 1. The molecule has 0 aliphatic rings. The van der Waals surface area contributed by atoms with E-state index in [-0.39, 0.29) is 11.5 Å². The van der Waals surface area contributed by atoms with E-state index in [0.717, 1.165) is 23.4 Å². The number of phenols is 2. The highest BCUT2D eigenvalue weighted by Crippen LogP contribution is 2.33. The Hall–Kier alpha value is -1.69. The molecule has 0 aliphatic heterocycles. The van der Waals surface area contributed by atoms with Gasteiger partial charge in [0.2, 0.25) is 0 Å². The molecule has 2 aromatic carbocycles. The molecule has 28 heavy (non-hydrogen) atoms. The Bertz CT molecular complexity index is 705. The van der Waals surface area contributed by atoms with E-state index in [4.69, 9.17) is 0 Å². The molecule has 3 N–H and O–H groups in total. The fraction of sp³-hybridized carbons (Fsp3) is 0.478. The maximum Gasteiger partial charge on any atom is 0.158 e. The van der Waals surface area contributed by atoms with Crippen LogP contribution in [-0.4, -0.2) is 32.7 Å². The Balaban J connectivity index is 1.97. The standard InChI is InChI=1S/C23H33NO3S/c1-3-4-5-6-7-8-15-24(28-20-13-14-21(25)22(26)16-20)17-23(27)19-11-9-18(2)10-12-19/h9-14,16,23,25-27H,3-8,15,17H2,1-2H3. The van der Waals surface area contributed by atoms with E-state index in [1.165, 1.54) is 55.7 Å². The van der Waals surface area contributed by atoms with Gasteiger partial charge >= 0.3 is 0 Å². The number of unbranched alkanes of at least 4 members (excludes halogenated alkanes) is 5.